The van der Waals surface area contributed by atoms with Crippen LogP contribution < -0.4 is 14.8 Å². The fourth-order valence-electron chi connectivity index (χ4n) is 1.99. The average molecular weight is 347 g/mol. The van der Waals surface area contributed by atoms with E-state index >= 15 is 0 Å². The zero-order valence-electron chi connectivity index (χ0n) is 13.9. The Morgan fingerprint density at radius 3 is 2.16 bits per heavy atom. The molecule has 0 unspecified atom stereocenters. The average Bonchev–Trinajstić information content (AvgIpc) is 2.65. The van der Waals surface area contributed by atoms with Crippen LogP contribution >= 0.6 is 0 Å². The van der Waals surface area contributed by atoms with Crippen molar-refractivity contribution in [2.75, 3.05) is 20.8 Å². The first-order valence-electron chi connectivity index (χ1n) is 7.43. The molecule has 2 rings (SSSR count). The zero-order valence-corrected chi connectivity index (χ0v) is 13.9. The van der Waals surface area contributed by atoms with Gasteiger partial charge in [-0.2, -0.15) is 0 Å². The summed E-state index contributed by atoms with van der Waals surface area (Å²) < 4.78 is 27.9. The normalized spacial score (nSPS) is 10.0. The monoisotopic (exact) mass is 347 g/mol. The van der Waals surface area contributed by atoms with Crippen molar-refractivity contribution in [2.45, 2.75) is 6.54 Å². The number of hydrogen-bond acceptors (Lipinski definition) is 5. The van der Waals surface area contributed by atoms with Crippen LogP contribution in [-0.2, 0) is 16.1 Å². The Kier molecular flexibility index (Phi) is 6.33. The van der Waals surface area contributed by atoms with Gasteiger partial charge in [-0.25, -0.2) is 9.18 Å². The molecular weight excluding hydrogens is 329 g/mol. The lowest BCUT2D eigenvalue weighted by Gasteiger charge is -2.09. The topological polar surface area (TPSA) is 73.9 Å². The molecule has 0 aliphatic rings. The van der Waals surface area contributed by atoms with Crippen LogP contribution in [0.2, 0.25) is 0 Å². The smallest absolute Gasteiger partial charge is 0.338 e. The minimum atomic E-state index is -0.672. The summed E-state index contributed by atoms with van der Waals surface area (Å²) in [6.07, 6.45) is 0. The van der Waals surface area contributed by atoms with E-state index < -0.39 is 18.5 Å². The lowest BCUT2D eigenvalue weighted by molar-refractivity contribution is -0.124. The minimum Gasteiger partial charge on any atom is -0.497 e. The molecule has 0 saturated carbocycles. The molecule has 0 aliphatic carbocycles. The number of amides is 1. The second-order valence-electron chi connectivity index (χ2n) is 5.08. The van der Waals surface area contributed by atoms with E-state index in [1.807, 2.05) is 0 Å². The summed E-state index contributed by atoms with van der Waals surface area (Å²) in [5.41, 5.74) is 0.946. The van der Waals surface area contributed by atoms with Gasteiger partial charge in [0.25, 0.3) is 5.91 Å². The van der Waals surface area contributed by atoms with Crippen LogP contribution in [0.25, 0.3) is 0 Å². The van der Waals surface area contributed by atoms with Gasteiger partial charge >= 0.3 is 5.97 Å². The summed E-state index contributed by atoms with van der Waals surface area (Å²) in [6.45, 7) is -0.219. The maximum absolute atomic E-state index is 12.8. The summed E-state index contributed by atoms with van der Waals surface area (Å²) in [6, 6.07) is 10.3. The van der Waals surface area contributed by atoms with Crippen molar-refractivity contribution in [2.24, 2.45) is 0 Å². The molecule has 6 nitrogen and oxygen atoms in total. The molecular formula is C18H18FNO5. The molecule has 0 heterocycles. The van der Waals surface area contributed by atoms with Gasteiger partial charge in [0, 0.05) is 12.6 Å². The van der Waals surface area contributed by atoms with Crippen LogP contribution in [0.15, 0.2) is 42.5 Å². The van der Waals surface area contributed by atoms with Crippen LogP contribution in [-0.4, -0.2) is 32.7 Å². The molecule has 2 aromatic carbocycles. The van der Waals surface area contributed by atoms with Gasteiger partial charge in [0.1, 0.15) is 17.3 Å². The molecule has 0 radical (unpaired) electrons. The van der Waals surface area contributed by atoms with Gasteiger partial charge in [-0.05, 0) is 29.8 Å². The minimum absolute atomic E-state index is 0.211. The van der Waals surface area contributed by atoms with Gasteiger partial charge in [0.2, 0.25) is 0 Å². The Labute approximate surface area is 144 Å². The fourth-order valence-corrected chi connectivity index (χ4v) is 1.99. The molecule has 0 spiro atoms. The number of halogens is 1. The van der Waals surface area contributed by atoms with Crippen molar-refractivity contribution in [3.63, 3.8) is 0 Å². The molecule has 1 N–H and O–H groups in total. The highest BCUT2D eigenvalue weighted by atomic mass is 19.1. The van der Waals surface area contributed by atoms with Crippen molar-refractivity contribution in [1.82, 2.24) is 5.32 Å². The molecule has 0 aromatic heterocycles. The quantitative estimate of drug-likeness (QED) is 0.778. The molecule has 1 amide bonds. The molecule has 0 bridgehead atoms. The number of esters is 1. The summed E-state index contributed by atoms with van der Waals surface area (Å²) in [7, 11) is 2.93. The highest BCUT2D eigenvalue weighted by molar-refractivity contribution is 5.92. The Hall–Kier alpha value is -3.09. The SMILES string of the molecule is COc1cc(OC)cc(C(=O)OCC(=O)NCc2ccc(F)cc2)c1. The van der Waals surface area contributed by atoms with Crippen molar-refractivity contribution in [3.05, 3.63) is 59.4 Å². The molecule has 0 fully saturated rings. The van der Waals surface area contributed by atoms with E-state index in [-0.39, 0.29) is 17.9 Å². The highest BCUT2D eigenvalue weighted by Crippen LogP contribution is 2.22. The van der Waals surface area contributed by atoms with Crippen LogP contribution in [0.1, 0.15) is 15.9 Å². The van der Waals surface area contributed by atoms with Crippen molar-refractivity contribution in [1.29, 1.82) is 0 Å². The number of nitrogens with one attached hydrogen (secondary N) is 1. The predicted octanol–water partition coefficient (Wildman–Crippen LogP) is 2.32. The largest absolute Gasteiger partial charge is 0.497 e. The van der Waals surface area contributed by atoms with E-state index in [4.69, 9.17) is 14.2 Å². The number of benzene rings is 2. The third-order valence-corrected chi connectivity index (χ3v) is 3.32. The lowest BCUT2D eigenvalue weighted by atomic mass is 10.2. The number of ether oxygens (including phenoxy) is 3. The molecule has 0 atom stereocenters. The highest BCUT2D eigenvalue weighted by Gasteiger charge is 2.13. The Morgan fingerprint density at radius 1 is 1.00 bits per heavy atom. The second kappa shape index (κ2) is 8.68. The Bertz CT molecular complexity index is 723. The lowest BCUT2D eigenvalue weighted by Crippen LogP contribution is -2.28. The first kappa shape index (κ1) is 18.3. The molecule has 132 valence electrons. The zero-order chi connectivity index (χ0) is 18.2. The summed E-state index contributed by atoms with van der Waals surface area (Å²) in [5.74, 6) is -0.612. The first-order valence-corrected chi connectivity index (χ1v) is 7.43. The number of hydrogen-bond donors (Lipinski definition) is 1. The third-order valence-electron chi connectivity index (χ3n) is 3.32. The van der Waals surface area contributed by atoms with Crippen LogP contribution in [0.5, 0.6) is 11.5 Å². The standard InChI is InChI=1S/C18H18FNO5/c1-23-15-7-13(8-16(9-15)24-2)18(22)25-11-17(21)20-10-12-3-5-14(19)6-4-12/h3-9H,10-11H2,1-2H3,(H,20,21). The van der Waals surface area contributed by atoms with E-state index in [9.17, 15) is 14.0 Å². The third kappa shape index (κ3) is 5.49. The van der Waals surface area contributed by atoms with Crippen LogP contribution in [0.4, 0.5) is 4.39 Å². The number of carbonyl (C=O) groups is 2. The van der Waals surface area contributed by atoms with Crippen LogP contribution in [0.3, 0.4) is 0 Å². The molecule has 2 aromatic rings. The van der Waals surface area contributed by atoms with Gasteiger partial charge in [0.15, 0.2) is 6.61 Å². The first-order chi connectivity index (χ1) is 12.0. The predicted molar refractivity (Wildman–Crippen MR) is 88.1 cm³/mol. The molecule has 0 aliphatic heterocycles. The molecule has 25 heavy (non-hydrogen) atoms. The molecule has 7 heteroatoms. The van der Waals surface area contributed by atoms with E-state index in [1.54, 1.807) is 18.2 Å². The molecule has 0 saturated heterocycles. The van der Waals surface area contributed by atoms with Crippen LogP contribution in [0, 0.1) is 5.82 Å². The number of methoxy groups -OCH3 is 2. The summed E-state index contributed by atoms with van der Waals surface area (Å²) >= 11 is 0. The fraction of sp³-hybridized carbons (Fsp3) is 0.222. The van der Waals surface area contributed by atoms with Crippen molar-refractivity contribution in [3.8, 4) is 11.5 Å². The van der Waals surface area contributed by atoms with Gasteiger partial charge in [-0.15, -0.1) is 0 Å². The maximum Gasteiger partial charge on any atom is 0.338 e. The summed E-state index contributed by atoms with van der Waals surface area (Å²) in [4.78, 5) is 23.8. The van der Waals surface area contributed by atoms with Gasteiger partial charge < -0.3 is 19.5 Å². The van der Waals surface area contributed by atoms with Gasteiger partial charge in [0.05, 0.1) is 19.8 Å². The second-order valence-corrected chi connectivity index (χ2v) is 5.08. The summed E-state index contributed by atoms with van der Waals surface area (Å²) in [5, 5.41) is 2.58. The Morgan fingerprint density at radius 2 is 1.60 bits per heavy atom. The van der Waals surface area contributed by atoms with Crippen molar-refractivity contribution < 1.29 is 28.2 Å². The number of carbonyl (C=O) groups excluding carboxylic acids is 2. The maximum atomic E-state index is 12.8. The van der Waals surface area contributed by atoms with E-state index in [1.165, 1.54) is 38.5 Å². The van der Waals surface area contributed by atoms with E-state index in [2.05, 4.69) is 5.32 Å². The Balaban J connectivity index is 1.86. The van der Waals surface area contributed by atoms with Gasteiger partial charge in [-0.3, -0.25) is 4.79 Å². The number of rotatable bonds is 7. The van der Waals surface area contributed by atoms with E-state index in [0.29, 0.717) is 11.5 Å². The van der Waals surface area contributed by atoms with Gasteiger partial charge in [-0.1, -0.05) is 12.1 Å². The van der Waals surface area contributed by atoms with E-state index in [0.717, 1.165) is 5.56 Å². The van der Waals surface area contributed by atoms with Crippen molar-refractivity contribution >= 4 is 11.9 Å².